The van der Waals surface area contributed by atoms with Crippen LogP contribution in [0.3, 0.4) is 0 Å². The van der Waals surface area contributed by atoms with E-state index in [0.29, 0.717) is 0 Å². The van der Waals surface area contributed by atoms with Gasteiger partial charge in [0.1, 0.15) is 4.84 Å². The summed E-state index contributed by atoms with van der Waals surface area (Å²) in [7, 11) is 1.10. The van der Waals surface area contributed by atoms with Gasteiger partial charge >= 0.3 is 0 Å². The van der Waals surface area contributed by atoms with Gasteiger partial charge in [0.2, 0.25) is 0 Å². The summed E-state index contributed by atoms with van der Waals surface area (Å²) in [5.41, 5.74) is 2.07. The van der Waals surface area contributed by atoms with Gasteiger partial charge in [-0.2, -0.15) is 0 Å². The van der Waals surface area contributed by atoms with Gasteiger partial charge in [-0.3, -0.25) is 0 Å². The molecule has 3 heteroatoms. The van der Waals surface area contributed by atoms with E-state index in [-0.39, 0.29) is 4.84 Å². The molecule has 0 aromatic heterocycles. The van der Waals surface area contributed by atoms with Crippen LogP contribution in [-0.2, 0) is 0 Å². The summed E-state index contributed by atoms with van der Waals surface area (Å²) in [6, 6.07) is 0. The Morgan fingerprint density at radius 2 is 2.14 bits per heavy atom. The topological polar surface area (TPSA) is 0 Å². The number of hydrogen-bond acceptors (Lipinski definition) is 0. The third kappa shape index (κ3) is 6.54. The van der Waals surface area contributed by atoms with E-state index in [0.717, 1.165) is 16.7 Å². The molecular weight excluding hydrogens is 147 g/mol. The molecule has 0 spiro atoms. The van der Waals surface area contributed by atoms with E-state index in [9.17, 15) is 0 Å². The molecule has 0 aromatic rings. The largest absolute Gasteiger partial charge is 0.111 e. The minimum atomic E-state index is -0.217. The highest BCUT2D eigenvalue weighted by molar-refractivity contribution is 6.44. The predicted octanol–water partition coefficient (Wildman–Crippen LogP) is 1.06. The minimum Gasteiger partial charge on any atom is -0.109 e. The minimum absolute atomic E-state index is 0.217. The van der Waals surface area contributed by atoms with Crippen LogP contribution in [0.2, 0.25) is 0 Å². The first-order chi connectivity index (χ1) is 3.27. The molecule has 0 unspecified atom stereocenters. The Balaban J connectivity index is 2.97. The average Bonchev–Trinajstić information content (AvgIpc) is 1.61. The second kappa shape index (κ2) is 4.69. The summed E-state index contributed by atoms with van der Waals surface area (Å²) in [6.07, 6.45) is 2.78. The fraction of sp³-hybridized carbons (Fsp3) is 0.500. The molecule has 0 amide bonds. The molecule has 0 bridgehead atoms. The molecular formula is C4H8Cl2Si. The van der Waals surface area contributed by atoms with Crippen LogP contribution in [0.15, 0.2) is 11.8 Å². The van der Waals surface area contributed by atoms with Crippen molar-refractivity contribution in [2.24, 2.45) is 0 Å². The van der Waals surface area contributed by atoms with E-state index >= 15 is 0 Å². The first-order valence-corrected chi connectivity index (χ1v) is 4.19. The van der Waals surface area contributed by atoms with Gasteiger partial charge in [-0.05, 0) is 6.42 Å². The molecule has 0 atom stereocenters. The maximum atomic E-state index is 5.39. The summed E-state index contributed by atoms with van der Waals surface area (Å²) in [5.74, 6) is 0. The Morgan fingerprint density at radius 1 is 1.57 bits per heavy atom. The number of halogens is 2. The van der Waals surface area contributed by atoms with Crippen molar-refractivity contribution in [3.05, 3.63) is 11.8 Å². The van der Waals surface area contributed by atoms with Crippen LogP contribution in [0.1, 0.15) is 6.42 Å². The zero-order valence-corrected chi connectivity index (χ0v) is 7.71. The predicted molar refractivity (Wildman–Crippen MR) is 39.2 cm³/mol. The van der Waals surface area contributed by atoms with E-state index in [1.807, 2.05) is 6.08 Å². The highest BCUT2D eigenvalue weighted by Gasteiger charge is 1.89. The van der Waals surface area contributed by atoms with Crippen molar-refractivity contribution in [1.82, 2.24) is 0 Å². The van der Waals surface area contributed by atoms with Crippen molar-refractivity contribution in [3.8, 4) is 0 Å². The Morgan fingerprint density at radius 3 is 2.29 bits per heavy atom. The van der Waals surface area contributed by atoms with Gasteiger partial charge in [0.15, 0.2) is 0 Å². The van der Waals surface area contributed by atoms with E-state index < -0.39 is 0 Å². The van der Waals surface area contributed by atoms with E-state index in [2.05, 4.69) is 5.70 Å². The molecule has 0 rings (SSSR count). The van der Waals surface area contributed by atoms with Crippen molar-refractivity contribution < 1.29 is 0 Å². The van der Waals surface area contributed by atoms with Crippen molar-refractivity contribution in [2.45, 2.75) is 11.3 Å². The standard InChI is InChI=1S/C4H8Cl2Si/c5-4(6)2-1-3-7/h1,3-4H,2H2,7H3. The molecule has 0 saturated carbocycles. The van der Waals surface area contributed by atoms with Crippen molar-refractivity contribution in [2.75, 3.05) is 0 Å². The van der Waals surface area contributed by atoms with Gasteiger partial charge in [0, 0.05) is 10.2 Å². The molecule has 0 fully saturated rings. The van der Waals surface area contributed by atoms with Gasteiger partial charge in [0.05, 0.1) is 0 Å². The SMILES string of the molecule is [SiH3]C=CCC(Cl)Cl. The zero-order chi connectivity index (χ0) is 5.70. The summed E-state index contributed by atoms with van der Waals surface area (Å²) in [5, 5.41) is 0. The fourth-order valence-corrected chi connectivity index (χ4v) is 0.717. The summed E-state index contributed by atoms with van der Waals surface area (Å²) < 4.78 is 0. The number of hydrogen-bond donors (Lipinski definition) is 0. The number of rotatable bonds is 2. The first-order valence-electron chi connectivity index (χ1n) is 2.16. The van der Waals surface area contributed by atoms with Crippen molar-refractivity contribution in [1.29, 1.82) is 0 Å². The molecule has 0 saturated heterocycles. The molecule has 0 aliphatic heterocycles. The zero-order valence-electron chi connectivity index (χ0n) is 4.20. The third-order valence-corrected chi connectivity index (χ3v) is 1.38. The lowest BCUT2D eigenvalue weighted by Crippen LogP contribution is -1.79. The van der Waals surface area contributed by atoms with Gasteiger partial charge in [-0.15, -0.1) is 28.9 Å². The van der Waals surface area contributed by atoms with Gasteiger partial charge in [-0.25, -0.2) is 0 Å². The van der Waals surface area contributed by atoms with Crippen LogP contribution in [0, 0.1) is 0 Å². The molecule has 0 nitrogen and oxygen atoms in total. The third-order valence-electron chi connectivity index (χ3n) is 0.550. The second-order valence-corrected chi connectivity index (χ2v) is 3.14. The van der Waals surface area contributed by atoms with Crippen LogP contribution < -0.4 is 0 Å². The Bertz CT molecular complexity index is 60.7. The molecule has 0 radical (unpaired) electrons. The number of allylic oxidation sites excluding steroid dienone is 1. The van der Waals surface area contributed by atoms with Crippen LogP contribution >= 0.6 is 23.2 Å². The summed E-state index contributed by atoms with van der Waals surface area (Å²) >= 11 is 10.8. The van der Waals surface area contributed by atoms with E-state index in [1.165, 1.54) is 0 Å². The molecule has 42 valence electrons. The van der Waals surface area contributed by atoms with Crippen LogP contribution in [0.25, 0.3) is 0 Å². The quantitative estimate of drug-likeness (QED) is 0.413. The van der Waals surface area contributed by atoms with Crippen LogP contribution in [0.4, 0.5) is 0 Å². The lowest BCUT2D eigenvalue weighted by atomic mass is 10.5. The Labute approximate surface area is 56.9 Å². The molecule has 0 aliphatic rings. The molecule has 0 aliphatic carbocycles. The smallest absolute Gasteiger partial charge is 0.109 e. The number of alkyl halides is 2. The molecule has 0 N–H and O–H groups in total. The van der Waals surface area contributed by atoms with Crippen molar-refractivity contribution >= 4 is 33.4 Å². The van der Waals surface area contributed by atoms with Crippen molar-refractivity contribution in [3.63, 3.8) is 0 Å². The summed E-state index contributed by atoms with van der Waals surface area (Å²) in [4.78, 5) is -0.217. The van der Waals surface area contributed by atoms with Gasteiger partial charge < -0.3 is 0 Å². The molecule has 0 aromatic carbocycles. The maximum Gasteiger partial charge on any atom is 0.111 e. The lowest BCUT2D eigenvalue weighted by Gasteiger charge is -1.88. The Kier molecular flexibility index (Phi) is 5.05. The monoisotopic (exact) mass is 154 g/mol. The normalized spacial score (nSPS) is 11.9. The maximum absolute atomic E-state index is 5.39. The van der Waals surface area contributed by atoms with Crippen LogP contribution in [-0.4, -0.2) is 15.1 Å². The first kappa shape index (κ1) is 7.54. The lowest BCUT2D eigenvalue weighted by molar-refractivity contribution is 1.16. The highest BCUT2D eigenvalue weighted by atomic mass is 35.5. The second-order valence-electron chi connectivity index (χ2n) is 1.20. The van der Waals surface area contributed by atoms with E-state index in [4.69, 9.17) is 23.2 Å². The molecule has 7 heavy (non-hydrogen) atoms. The van der Waals surface area contributed by atoms with Gasteiger partial charge in [-0.1, -0.05) is 6.08 Å². The molecule has 0 heterocycles. The van der Waals surface area contributed by atoms with E-state index in [1.54, 1.807) is 0 Å². The summed E-state index contributed by atoms with van der Waals surface area (Å²) in [6.45, 7) is 0. The fourth-order valence-electron chi connectivity index (χ4n) is 0.239. The average molecular weight is 155 g/mol. The van der Waals surface area contributed by atoms with Gasteiger partial charge in [0.25, 0.3) is 0 Å². The highest BCUT2D eigenvalue weighted by Crippen LogP contribution is 2.05. The Hall–Kier alpha value is 0.537. The van der Waals surface area contributed by atoms with Crippen LogP contribution in [0.5, 0.6) is 0 Å².